The molecule has 0 saturated heterocycles. The molecule has 0 aliphatic rings. The summed E-state index contributed by atoms with van der Waals surface area (Å²) in [6, 6.07) is 0. The molecule has 0 aliphatic carbocycles. The van der Waals surface area contributed by atoms with Gasteiger partial charge in [0.1, 0.15) is 11.5 Å². The first kappa shape index (κ1) is 17.2. The van der Waals surface area contributed by atoms with Crippen LogP contribution in [0.5, 0.6) is 0 Å². The molecule has 1 rings (SSSR count). The van der Waals surface area contributed by atoms with Gasteiger partial charge in [0.05, 0.1) is 6.21 Å². The second-order valence-corrected chi connectivity index (χ2v) is 7.27. The van der Waals surface area contributed by atoms with Crippen molar-refractivity contribution in [3.05, 3.63) is 17.2 Å². The maximum absolute atomic E-state index is 5.13. The Bertz CT molecular complexity index is 464. The molecule has 1 aromatic heterocycles. The van der Waals surface area contributed by atoms with E-state index in [1.54, 1.807) is 18.0 Å². The Morgan fingerprint density at radius 3 is 2.70 bits per heavy atom. The number of nitrogens with one attached hydrogen (secondary N) is 2. The fourth-order valence-corrected chi connectivity index (χ4v) is 2.57. The van der Waals surface area contributed by atoms with E-state index in [1.165, 1.54) is 0 Å². The number of nitrogens with zero attached hydrogens (tertiary/aromatic N) is 2. The average molecular weight is 313 g/mol. The molecule has 0 unspecified atom stereocenters. The van der Waals surface area contributed by atoms with Gasteiger partial charge in [0.25, 0.3) is 0 Å². The Balaban J connectivity index is 2.79. The predicted molar refractivity (Wildman–Crippen MR) is 92.7 cm³/mol. The molecule has 0 fully saturated rings. The van der Waals surface area contributed by atoms with Crippen molar-refractivity contribution in [1.29, 1.82) is 0 Å². The van der Waals surface area contributed by atoms with Crippen LogP contribution >= 0.6 is 24.0 Å². The van der Waals surface area contributed by atoms with Crippen molar-refractivity contribution in [3.8, 4) is 0 Å². The number of H-pyrrole nitrogens is 1. The number of aromatic nitrogens is 2. The SMILES string of the molecule is CCSC(=S)N/N=C/c1nc(CC(C)C)[nH]c1C(C)C. The lowest BCUT2D eigenvalue weighted by atomic mass is 10.1. The van der Waals surface area contributed by atoms with Crippen LogP contribution in [0.1, 0.15) is 57.7 Å². The van der Waals surface area contributed by atoms with E-state index in [-0.39, 0.29) is 0 Å². The molecule has 0 radical (unpaired) electrons. The molecule has 6 heteroatoms. The van der Waals surface area contributed by atoms with E-state index in [4.69, 9.17) is 12.2 Å². The highest BCUT2D eigenvalue weighted by Gasteiger charge is 2.12. The monoisotopic (exact) mass is 312 g/mol. The molecule has 0 bridgehead atoms. The van der Waals surface area contributed by atoms with Crippen molar-refractivity contribution in [2.24, 2.45) is 11.0 Å². The standard InChI is InChI=1S/C14H24N4S2/c1-6-20-14(19)18-15-8-11-13(10(4)5)17-12(16-11)7-9(2)3/h8-10H,6-7H2,1-5H3,(H,16,17)(H,18,19)/b15-8+. The second kappa shape index (κ2) is 8.42. The van der Waals surface area contributed by atoms with Gasteiger partial charge >= 0.3 is 0 Å². The molecule has 0 aromatic carbocycles. The molecule has 0 aliphatic heterocycles. The Hall–Kier alpha value is -0.880. The number of aromatic amines is 1. The highest BCUT2D eigenvalue weighted by Crippen LogP contribution is 2.17. The Kier molecular flexibility index (Phi) is 7.23. The summed E-state index contributed by atoms with van der Waals surface area (Å²) in [7, 11) is 0. The highest BCUT2D eigenvalue weighted by atomic mass is 32.2. The van der Waals surface area contributed by atoms with Gasteiger partial charge in [-0.25, -0.2) is 4.98 Å². The lowest BCUT2D eigenvalue weighted by Crippen LogP contribution is -2.11. The van der Waals surface area contributed by atoms with Crippen molar-refractivity contribution < 1.29 is 0 Å². The first-order chi connectivity index (χ1) is 9.43. The van der Waals surface area contributed by atoms with Gasteiger partial charge in [0.15, 0.2) is 4.32 Å². The van der Waals surface area contributed by atoms with Gasteiger partial charge in [-0.1, -0.05) is 58.6 Å². The fourth-order valence-electron chi connectivity index (χ4n) is 1.78. The zero-order valence-electron chi connectivity index (χ0n) is 12.9. The zero-order chi connectivity index (χ0) is 15.1. The molecule has 0 spiro atoms. The zero-order valence-corrected chi connectivity index (χ0v) is 14.5. The topological polar surface area (TPSA) is 53.1 Å². The van der Waals surface area contributed by atoms with E-state index < -0.39 is 0 Å². The van der Waals surface area contributed by atoms with Crippen LogP contribution in [-0.2, 0) is 6.42 Å². The number of thiocarbonyl (C=S) groups is 1. The molecule has 1 heterocycles. The smallest absolute Gasteiger partial charge is 0.154 e. The normalized spacial score (nSPS) is 11.8. The summed E-state index contributed by atoms with van der Waals surface area (Å²) in [5.41, 5.74) is 4.88. The molecule has 1 aromatic rings. The molecule has 0 saturated carbocycles. The molecule has 0 amide bonds. The third-order valence-corrected chi connectivity index (χ3v) is 3.69. The molecule has 2 N–H and O–H groups in total. The van der Waals surface area contributed by atoms with Crippen LogP contribution in [0.2, 0.25) is 0 Å². The van der Waals surface area contributed by atoms with E-state index in [1.807, 2.05) is 0 Å². The number of hydrazone groups is 1. The third kappa shape index (κ3) is 5.63. The second-order valence-electron chi connectivity index (χ2n) is 5.33. The van der Waals surface area contributed by atoms with Gasteiger partial charge in [-0.2, -0.15) is 5.10 Å². The minimum atomic E-state index is 0.391. The summed E-state index contributed by atoms with van der Waals surface area (Å²) in [6.07, 6.45) is 2.70. The van der Waals surface area contributed by atoms with Crippen molar-refractivity contribution in [2.45, 2.75) is 47.0 Å². The quantitative estimate of drug-likeness (QED) is 0.478. The summed E-state index contributed by atoms with van der Waals surface area (Å²) < 4.78 is 0.688. The van der Waals surface area contributed by atoms with E-state index >= 15 is 0 Å². The highest BCUT2D eigenvalue weighted by molar-refractivity contribution is 8.22. The minimum Gasteiger partial charge on any atom is -0.345 e. The van der Waals surface area contributed by atoms with Crippen LogP contribution in [0.3, 0.4) is 0 Å². The van der Waals surface area contributed by atoms with Gasteiger partial charge < -0.3 is 4.98 Å². The summed E-state index contributed by atoms with van der Waals surface area (Å²) >= 11 is 6.69. The maximum atomic E-state index is 5.13. The fraction of sp³-hybridized carbons (Fsp3) is 0.643. The van der Waals surface area contributed by atoms with Gasteiger partial charge in [-0.05, 0) is 17.6 Å². The van der Waals surface area contributed by atoms with Gasteiger partial charge in [0, 0.05) is 12.1 Å². The average Bonchev–Trinajstić information content (AvgIpc) is 2.71. The lowest BCUT2D eigenvalue weighted by molar-refractivity contribution is 0.623. The summed E-state index contributed by atoms with van der Waals surface area (Å²) in [6.45, 7) is 10.7. The third-order valence-electron chi connectivity index (χ3n) is 2.61. The Morgan fingerprint density at radius 2 is 2.15 bits per heavy atom. The van der Waals surface area contributed by atoms with Crippen LogP contribution in [0.15, 0.2) is 5.10 Å². The predicted octanol–water partition coefficient (Wildman–Crippen LogP) is 3.69. The van der Waals surface area contributed by atoms with E-state index in [9.17, 15) is 0 Å². The number of hydrogen-bond donors (Lipinski definition) is 2. The summed E-state index contributed by atoms with van der Waals surface area (Å²) in [5, 5.41) is 4.18. The number of rotatable bonds is 6. The lowest BCUT2D eigenvalue weighted by Gasteiger charge is -2.03. The first-order valence-electron chi connectivity index (χ1n) is 6.98. The molecular formula is C14H24N4S2. The molecule has 20 heavy (non-hydrogen) atoms. The Labute approximate surface area is 131 Å². The largest absolute Gasteiger partial charge is 0.345 e. The van der Waals surface area contributed by atoms with Gasteiger partial charge in [0.2, 0.25) is 0 Å². The molecule has 0 atom stereocenters. The number of imidazole rings is 1. The summed E-state index contributed by atoms with van der Waals surface area (Å²) in [4.78, 5) is 8.03. The van der Waals surface area contributed by atoms with Crippen LogP contribution < -0.4 is 5.43 Å². The van der Waals surface area contributed by atoms with Crippen LogP contribution in [-0.4, -0.2) is 26.3 Å². The van der Waals surface area contributed by atoms with E-state index in [0.717, 1.165) is 29.4 Å². The minimum absolute atomic E-state index is 0.391. The summed E-state index contributed by atoms with van der Waals surface area (Å²) in [5.74, 6) is 2.94. The van der Waals surface area contributed by atoms with Crippen molar-refractivity contribution in [3.63, 3.8) is 0 Å². The van der Waals surface area contributed by atoms with Crippen molar-refractivity contribution in [1.82, 2.24) is 15.4 Å². The number of hydrogen-bond acceptors (Lipinski definition) is 4. The van der Waals surface area contributed by atoms with Crippen LogP contribution in [0.25, 0.3) is 0 Å². The van der Waals surface area contributed by atoms with Crippen LogP contribution in [0, 0.1) is 5.92 Å². The van der Waals surface area contributed by atoms with E-state index in [2.05, 4.69) is 55.1 Å². The molecule has 112 valence electrons. The van der Waals surface area contributed by atoms with E-state index in [0.29, 0.717) is 16.2 Å². The first-order valence-corrected chi connectivity index (χ1v) is 8.38. The van der Waals surface area contributed by atoms with Gasteiger partial charge in [-0.3, -0.25) is 5.43 Å². The number of thioether (sulfide) groups is 1. The van der Waals surface area contributed by atoms with Crippen molar-refractivity contribution >= 4 is 34.5 Å². The van der Waals surface area contributed by atoms with Crippen molar-refractivity contribution in [2.75, 3.05) is 5.75 Å². The molecular weight excluding hydrogens is 288 g/mol. The molecule has 4 nitrogen and oxygen atoms in total. The Morgan fingerprint density at radius 1 is 1.45 bits per heavy atom. The van der Waals surface area contributed by atoms with Gasteiger partial charge in [-0.15, -0.1) is 0 Å². The van der Waals surface area contributed by atoms with Crippen LogP contribution in [0.4, 0.5) is 0 Å². The maximum Gasteiger partial charge on any atom is 0.154 e.